The van der Waals surface area contributed by atoms with E-state index in [1.165, 1.54) is 6.07 Å². The van der Waals surface area contributed by atoms with Crippen molar-refractivity contribution in [2.75, 3.05) is 11.1 Å². The van der Waals surface area contributed by atoms with Crippen LogP contribution in [0.4, 0.5) is 5.69 Å². The molecule has 1 aliphatic rings. The fourth-order valence-corrected chi connectivity index (χ4v) is 4.41. The molecule has 0 radical (unpaired) electrons. The van der Waals surface area contributed by atoms with E-state index in [1.807, 2.05) is 6.92 Å². The number of pyridine rings is 1. The Morgan fingerprint density at radius 3 is 2.68 bits per heavy atom. The molecule has 2 heterocycles. The highest BCUT2D eigenvalue weighted by atomic mass is 32.2. The number of nitrogens with one attached hydrogen (secondary N) is 1. The lowest BCUT2D eigenvalue weighted by molar-refractivity contribution is 0.102. The van der Waals surface area contributed by atoms with Crippen LogP contribution in [0, 0.1) is 0 Å². The van der Waals surface area contributed by atoms with Crippen LogP contribution in [-0.2, 0) is 9.84 Å². The maximum Gasteiger partial charge on any atom is 0.255 e. The molecule has 2 aromatic rings. The third-order valence-electron chi connectivity index (χ3n) is 3.90. The van der Waals surface area contributed by atoms with Gasteiger partial charge in [0.1, 0.15) is 0 Å². The average Bonchev–Trinajstić information content (AvgIpc) is 2.52. The second-order valence-corrected chi connectivity index (χ2v) is 7.53. The van der Waals surface area contributed by atoms with E-state index in [9.17, 15) is 13.2 Å². The van der Waals surface area contributed by atoms with Gasteiger partial charge in [-0.25, -0.2) is 8.42 Å². The fraction of sp³-hybridized carbons (Fsp3) is 0.250. The van der Waals surface area contributed by atoms with Crippen LogP contribution < -0.4 is 5.32 Å². The molecule has 0 spiro atoms. The molecule has 114 valence electrons. The molecule has 1 N–H and O–H groups in total. The van der Waals surface area contributed by atoms with Gasteiger partial charge in [-0.2, -0.15) is 0 Å². The number of anilines is 1. The van der Waals surface area contributed by atoms with Crippen molar-refractivity contribution in [3.63, 3.8) is 0 Å². The molecule has 0 bridgehead atoms. The lowest BCUT2D eigenvalue weighted by Gasteiger charge is -2.22. The van der Waals surface area contributed by atoms with E-state index in [1.54, 1.807) is 36.7 Å². The first kappa shape index (κ1) is 14.7. The predicted molar refractivity (Wildman–Crippen MR) is 83.7 cm³/mol. The van der Waals surface area contributed by atoms with E-state index < -0.39 is 9.84 Å². The van der Waals surface area contributed by atoms with Crippen LogP contribution in [0.25, 0.3) is 0 Å². The molecular formula is C16H16N2O3S. The van der Waals surface area contributed by atoms with Crippen molar-refractivity contribution in [3.05, 3.63) is 53.9 Å². The Labute approximate surface area is 129 Å². The van der Waals surface area contributed by atoms with Crippen LogP contribution in [0.2, 0.25) is 0 Å². The second kappa shape index (κ2) is 5.53. The third-order valence-corrected chi connectivity index (χ3v) is 5.70. The number of hydrogen-bond donors (Lipinski definition) is 1. The Hall–Kier alpha value is -2.21. The summed E-state index contributed by atoms with van der Waals surface area (Å²) in [5, 5.41) is 2.73. The summed E-state index contributed by atoms with van der Waals surface area (Å²) in [6.45, 7) is 2.00. The number of nitrogens with zero attached hydrogens (tertiary/aromatic N) is 1. The topological polar surface area (TPSA) is 76.1 Å². The zero-order valence-corrected chi connectivity index (χ0v) is 12.9. The summed E-state index contributed by atoms with van der Waals surface area (Å²) in [4.78, 5) is 16.4. The average molecular weight is 316 g/mol. The molecule has 0 unspecified atom stereocenters. The van der Waals surface area contributed by atoms with E-state index in [2.05, 4.69) is 10.3 Å². The Balaban J connectivity index is 1.95. The van der Waals surface area contributed by atoms with Crippen molar-refractivity contribution >= 4 is 21.4 Å². The maximum atomic E-state index is 12.3. The Morgan fingerprint density at radius 1 is 1.23 bits per heavy atom. The second-order valence-electron chi connectivity index (χ2n) is 5.45. The fourth-order valence-electron chi connectivity index (χ4n) is 2.59. The summed E-state index contributed by atoms with van der Waals surface area (Å²) >= 11 is 0. The summed E-state index contributed by atoms with van der Waals surface area (Å²) < 4.78 is 24.4. The van der Waals surface area contributed by atoms with Gasteiger partial charge in [0.25, 0.3) is 5.91 Å². The van der Waals surface area contributed by atoms with Crippen LogP contribution >= 0.6 is 0 Å². The zero-order chi connectivity index (χ0) is 15.7. The first-order chi connectivity index (χ1) is 10.5. The van der Waals surface area contributed by atoms with Crippen molar-refractivity contribution in [3.8, 4) is 0 Å². The highest BCUT2D eigenvalue weighted by molar-refractivity contribution is 7.91. The number of hydrogen-bond acceptors (Lipinski definition) is 4. The van der Waals surface area contributed by atoms with E-state index in [4.69, 9.17) is 0 Å². The van der Waals surface area contributed by atoms with Gasteiger partial charge >= 0.3 is 0 Å². The van der Waals surface area contributed by atoms with Gasteiger partial charge in [-0.15, -0.1) is 0 Å². The summed E-state index contributed by atoms with van der Waals surface area (Å²) in [6.07, 6.45) is 3.78. The molecule has 0 saturated carbocycles. The lowest BCUT2D eigenvalue weighted by Crippen LogP contribution is -2.20. The Kier molecular flexibility index (Phi) is 3.70. The molecule has 6 heteroatoms. The molecule has 5 nitrogen and oxygen atoms in total. The largest absolute Gasteiger partial charge is 0.322 e. The number of carbonyl (C=O) groups is 1. The SMILES string of the molecule is C[C@@H]1CCS(=O)(=O)c2cc(C(=O)Nc3ccncc3)ccc21. The number of benzene rings is 1. The van der Waals surface area contributed by atoms with E-state index in [-0.39, 0.29) is 22.5 Å². The minimum absolute atomic E-state index is 0.136. The van der Waals surface area contributed by atoms with Crippen LogP contribution in [0.1, 0.15) is 35.2 Å². The molecule has 0 aliphatic carbocycles. The molecular weight excluding hydrogens is 300 g/mol. The summed E-state index contributed by atoms with van der Waals surface area (Å²) in [6, 6.07) is 8.26. The molecule has 1 aromatic heterocycles. The minimum Gasteiger partial charge on any atom is -0.322 e. The molecule has 1 amide bonds. The summed E-state index contributed by atoms with van der Waals surface area (Å²) in [7, 11) is -3.29. The lowest BCUT2D eigenvalue weighted by atomic mass is 9.97. The van der Waals surface area contributed by atoms with E-state index >= 15 is 0 Å². The first-order valence-corrected chi connectivity index (χ1v) is 8.71. The smallest absolute Gasteiger partial charge is 0.255 e. The number of carbonyl (C=O) groups excluding carboxylic acids is 1. The Bertz CT molecular complexity index is 817. The van der Waals surface area contributed by atoms with Gasteiger partial charge in [-0.05, 0) is 42.2 Å². The van der Waals surface area contributed by atoms with Crippen molar-refractivity contribution in [1.29, 1.82) is 0 Å². The molecule has 0 saturated heterocycles. The van der Waals surface area contributed by atoms with Gasteiger partial charge in [0.15, 0.2) is 9.84 Å². The Morgan fingerprint density at radius 2 is 1.95 bits per heavy atom. The molecule has 3 rings (SSSR count). The minimum atomic E-state index is -3.29. The van der Waals surface area contributed by atoms with Crippen molar-refractivity contribution in [2.24, 2.45) is 0 Å². The van der Waals surface area contributed by atoms with Crippen LogP contribution in [0.5, 0.6) is 0 Å². The summed E-state index contributed by atoms with van der Waals surface area (Å²) in [5.74, 6) is -0.00499. The molecule has 22 heavy (non-hydrogen) atoms. The van der Waals surface area contributed by atoms with E-state index in [0.717, 1.165) is 5.56 Å². The third kappa shape index (κ3) is 2.74. The number of sulfone groups is 1. The maximum absolute atomic E-state index is 12.3. The van der Waals surface area contributed by atoms with Crippen LogP contribution in [0.15, 0.2) is 47.6 Å². The monoisotopic (exact) mass is 316 g/mol. The number of amides is 1. The number of fused-ring (bicyclic) bond motifs is 1. The van der Waals surface area contributed by atoms with Gasteiger partial charge < -0.3 is 5.32 Å². The molecule has 1 aliphatic heterocycles. The predicted octanol–water partition coefficient (Wildman–Crippen LogP) is 2.61. The van der Waals surface area contributed by atoms with Gasteiger partial charge in [0.05, 0.1) is 10.6 Å². The zero-order valence-electron chi connectivity index (χ0n) is 12.1. The normalized spacial score (nSPS) is 19.2. The van der Waals surface area contributed by atoms with Gasteiger partial charge in [0, 0.05) is 23.6 Å². The highest BCUT2D eigenvalue weighted by Crippen LogP contribution is 2.34. The van der Waals surface area contributed by atoms with Crippen LogP contribution in [-0.4, -0.2) is 25.1 Å². The number of rotatable bonds is 2. The van der Waals surface area contributed by atoms with Crippen molar-refractivity contribution < 1.29 is 13.2 Å². The summed E-state index contributed by atoms with van der Waals surface area (Å²) in [5.41, 5.74) is 1.76. The molecule has 1 atom stereocenters. The standard InChI is InChI=1S/C16H16N2O3S/c1-11-6-9-22(20,21)15-10-12(2-3-14(11)15)16(19)18-13-4-7-17-8-5-13/h2-5,7-8,10-11H,6,9H2,1H3,(H,17,18,19)/t11-/m1/s1. The number of aromatic nitrogens is 1. The molecule has 1 aromatic carbocycles. The van der Waals surface area contributed by atoms with Crippen molar-refractivity contribution in [1.82, 2.24) is 4.98 Å². The van der Waals surface area contributed by atoms with Crippen LogP contribution in [0.3, 0.4) is 0 Å². The molecule has 0 fully saturated rings. The van der Waals surface area contributed by atoms with Crippen molar-refractivity contribution in [2.45, 2.75) is 24.2 Å². The van der Waals surface area contributed by atoms with Gasteiger partial charge in [-0.1, -0.05) is 13.0 Å². The first-order valence-electron chi connectivity index (χ1n) is 7.05. The van der Waals surface area contributed by atoms with Gasteiger partial charge in [-0.3, -0.25) is 9.78 Å². The van der Waals surface area contributed by atoms with E-state index in [0.29, 0.717) is 17.7 Å². The quantitative estimate of drug-likeness (QED) is 0.924. The van der Waals surface area contributed by atoms with Gasteiger partial charge in [0.2, 0.25) is 0 Å². The highest BCUT2D eigenvalue weighted by Gasteiger charge is 2.28.